The van der Waals surface area contributed by atoms with Crippen molar-refractivity contribution < 1.29 is 9.53 Å². The SMILES string of the molecule is COc1ccc(C(=O)N2c3nc(-c4ccccc4)nn3C3(CCCCC3)C3CCCCC32)cc1. The molecule has 1 aromatic heterocycles. The standard InChI is InChI=1S/C28H32N4O2/c1-34-22-16-14-21(15-17-22)26(33)31-24-13-7-6-12-23(24)28(18-8-3-9-19-28)32-27(31)29-25(30-32)20-10-4-2-5-11-20/h2,4-5,10-11,14-17,23-24H,3,6-9,12-13,18-19H2,1H3. The van der Waals surface area contributed by atoms with Crippen molar-refractivity contribution in [2.75, 3.05) is 12.0 Å². The monoisotopic (exact) mass is 456 g/mol. The molecule has 0 saturated heterocycles. The number of fused-ring (bicyclic) bond motifs is 4. The van der Waals surface area contributed by atoms with E-state index in [9.17, 15) is 4.79 Å². The topological polar surface area (TPSA) is 60.2 Å². The lowest BCUT2D eigenvalue weighted by Gasteiger charge is -2.55. The summed E-state index contributed by atoms with van der Waals surface area (Å²) in [7, 11) is 1.64. The van der Waals surface area contributed by atoms with E-state index in [0.29, 0.717) is 17.3 Å². The van der Waals surface area contributed by atoms with Crippen LogP contribution >= 0.6 is 0 Å². The number of hydrogen-bond donors (Lipinski definition) is 0. The lowest BCUT2D eigenvalue weighted by molar-refractivity contribution is 0.0314. The van der Waals surface area contributed by atoms with Gasteiger partial charge in [0.05, 0.1) is 12.6 Å². The van der Waals surface area contributed by atoms with Crippen molar-refractivity contribution in [1.29, 1.82) is 0 Å². The summed E-state index contributed by atoms with van der Waals surface area (Å²) in [5.74, 6) is 2.62. The Labute approximate surface area is 200 Å². The molecule has 6 rings (SSSR count). The molecule has 1 spiro atoms. The molecule has 176 valence electrons. The van der Waals surface area contributed by atoms with E-state index in [4.69, 9.17) is 14.8 Å². The fraction of sp³-hybridized carbons (Fsp3) is 0.464. The molecule has 0 radical (unpaired) electrons. The maximum Gasteiger partial charge on any atom is 0.260 e. The number of methoxy groups -OCH3 is 1. The highest BCUT2D eigenvalue weighted by Crippen LogP contribution is 2.53. The highest BCUT2D eigenvalue weighted by atomic mass is 16.5. The van der Waals surface area contributed by atoms with Gasteiger partial charge in [-0.05, 0) is 49.9 Å². The van der Waals surface area contributed by atoms with Crippen molar-refractivity contribution in [2.45, 2.75) is 69.4 Å². The van der Waals surface area contributed by atoms with Crippen LogP contribution in [-0.4, -0.2) is 33.8 Å². The third-order valence-electron chi connectivity index (χ3n) is 8.29. The van der Waals surface area contributed by atoms with E-state index < -0.39 is 0 Å². The first-order valence-electron chi connectivity index (χ1n) is 12.7. The van der Waals surface area contributed by atoms with E-state index in [1.807, 2.05) is 47.4 Å². The first kappa shape index (κ1) is 21.4. The average molecular weight is 457 g/mol. The molecule has 2 heterocycles. The van der Waals surface area contributed by atoms with Crippen molar-refractivity contribution in [3.05, 3.63) is 60.2 Å². The van der Waals surface area contributed by atoms with Gasteiger partial charge in [-0.3, -0.25) is 9.69 Å². The van der Waals surface area contributed by atoms with Gasteiger partial charge in [0.15, 0.2) is 5.82 Å². The maximum atomic E-state index is 14.0. The van der Waals surface area contributed by atoms with Crippen LogP contribution in [0.5, 0.6) is 5.75 Å². The third kappa shape index (κ3) is 3.34. The van der Waals surface area contributed by atoms with Crippen LogP contribution < -0.4 is 9.64 Å². The Hall–Kier alpha value is -3.15. The highest BCUT2D eigenvalue weighted by molar-refractivity contribution is 6.06. The van der Waals surface area contributed by atoms with Crippen molar-refractivity contribution in [2.24, 2.45) is 5.92 Å². The van der Waals surface area contributed by atoms with Gasteiger partial charge in [0.1, 0.15) is 5.75 Å². The number of ether oxygens (including phenoxy) is 1. The zero-order valence-corrected chi connectivity index (χ0v) is 19.8. The Kier molecular flexibility index (Phi) is 5.39. The number of anilines is 1. The van der Waals surface area contributed by atoms with Crippen molar-refractivity contribution in [1.82, 2.24) is 14.8 Å². The molecule has 3 aromatic rings. The maximum absolute atomic E-state index is 14.0. The zero-order valence-electron chi connectivity index (χ0n) is 19.8. The fourth-order valence-electron chi connectivity index (χ4n) is 6.68. The van der Waals surface area contributed by atoms with Gasteiger partial charge in [0.25, 0.3) is 5.91 Å². The summed E-state index contributed by atoms with van der Waals surface area (Å²) in [5, 5.41) is 5.13. The van der Waals surface area contributed by atoms with Crippen LogP contribution in [0.1, 0.15) is 68.1 Å². The van der Waals surface area contributed by atoms with E-state index in [-0.39, 0.29) is 17.5 Å². The van der Waals surface area contributed by atoms with Gasteiger partial charge in [-0.2, -0.15) is 4.98 Å². The minimum Gasteiger partial charge on any atom is -0.497 e. The molecular weight excluding hydrogens is 424 g/mol. The summed E-state index contributed by atoms with van der Waals surface area (Å²) in [6, 6.07) is 17.8. The highest BCUT2D eigenvalue weighted by Gasteiger charge is 2.55. The summed E-state index contributed by atoms with van der Waals surface area (Å²) in [5.41, 5.74) is 1.63. The normalized spacial score (nSPS) is 23.3. The Balaban J connectivity index is 1.51. The predicted octanol–water partition coefficient (Wildman–Crippen LogP) is 5.83. The Bertz CT molecular complexity index is 1160. The van der Waals surface area contributed by atoms with Gasteiger partial charge >= 0.3 is 0 Å². The molecule has 2 aromatic carbocycles. The molecule has 1 aliphatic heterocycles. The molecule has 6 nitrogen and oxygen atoms in total. The van der Waals surface area contributed by atoms with Gasteiger partial charge in [0, 0.05) is 23.1 Å². The second kappa shape index (κ2) is 8.57. The van der Waals surface area contributed by atoms with Crippen LogP contribution in [0.3, 0.4) is 0 Å². The number of nitrogens with zero attached hydrogens (tertiary/aromatic N) is 4. The van der Waals surface area contributed by atoms with E-state index in [2.05, 4.69) is 16.8 Å². The van der Waals surface area contributed by atoms with Crippen molar-refractivity contribution in [3.63, 3.8) is 0 Å². The number of hydrogen-bond acceptors (Lipinski definition) is 4. The van der Waals surface area contributed by atoms with Gasteiger partial charge < -0.3 is 4.74 Å². The van der Waals surface area contributed by atoms with Gasteiger partial charge in [-0.1, -0.05) is 62.4 Å². The van der Waals surface area contributed by atoms with E-state index in [1.54, 1.807) is 7.11 Å². The number of benzene rings is 2. The predicted molar refractivity (Wildman–Crippen MR) is 132 cm³/mol. The lowest BCUT2D eigenvalue weighted by Crippen LogP contribution is -2.61. The minimum absolute atomic E-state index is 0.0125. The summed E-state index contributed by atoms with van der Waals surface area (Å²) in [4.78, 5) is 21.1. The first-order chi connectivity index (χ1) is 16.7. The third-order valence-corrected chi connectivity index (χ3v) is 8.29. The summed E-state index contributed by atoms with van der Waals surface area (Å²) >= 11 is 0. The van der Waals surface area contributed by atoms with Gasteiger partial charge in [-0.15, -0.1) is 5.10 Å². The van der Waals surface area contributed by atoms with Crippen LogP contribution in [0.2, 0.25) is 0 Å². The molecule has 2 atom stereocenters. The summed E-state index contributed by atoms with van der Waals surface area (Å²) in [6.07, 6.45) is 10.5. The van der Waals surface area contributed by atoms with Crippen LogP contribution in [0.25, 0.3) is 11.4 Å². The van der Waals surface area contributed by atoms with Crippen LogP contribution in [0.15, 0.2) is 54.6 Å². The second-order valence-electron chi connectivity index (χ2n) is 10.0. The smallest absolute Gasteiger partial charge is 0.260 e. The quantitative estimate of drug-likeness (QED) is 0.497. The van der Waals surface area contributed by atoms with Gasteiger partial charge in [-0.25, -0.2) is 4.68 Å². The molecule has 6 heteroatoms. The summed E-state index contributed by atoms with van der Waals surface area (Å²) < 4.78 is 7.50. The zero-order chi connectivity index (χ0) is 23.1. The van der Waals surface area contributed by atoms with Crippen LogP contribution in [-0.2, 0) is 5.54 Å². The molecule has 2 fully saturated rings. The van der Waals surface area contributed by atoms with Crippen molar-refractivity contribution in [3.8, 4) is 17.1 Å². The number of rotatable bonds is 3. The Morgan fingerprint density at radius 3 is 2.41 bits per heavy atom. The molecule has 1 amide bonds. The molecule has 34 heavy (non-hydrogen) atoms. The molecule has 2 aliphatic carbocycles. The molecule has 2 unspecified atom stereocenters. The molecular formula is C28H32N4O2. The largest absolute Gasteiger partial charge is 0.497 e. The van der Waals surface area contributed by atoms with E-state index in [0.717, 1.165) is 49.4 Å². The Morgan fingerprint density at radius 1 is 0.941 bits per heavy atom. The minimum atomic E-state index is -0.0324. The molecule has 3 aliphatic rings. The fourth-order valence-corrected chi connectivity index (χ4v) is 6.68. The van der Waals surface area contributed by atoms with E-state index >= 15 is 0 Å². The summed E-state index contributed by atoms with van der Waals surface area (Å²) in [6.45, 7) is 0. The number of amides is 1. The average Bonchev–Trinajstić information content (AvgIpc) is 3.36. The van der Waals surface area contributed by atoms with Crippen LogP contribution in [0.4, 0.5) is 5.95 Å². The van der Waals surface area contributed by atoms with E-state index in [1.165, 1.54) is 25.7 Å². The number of aromatic nitrogens is 3. The molecule has 0 bridgehead atoms. The number of carbonyl (C=O) groups excluding carboxylic acids is 1. The van der Waals surface area contributed by atoms with Crippen molar-refractivity contribution >= 4 is 11.9 Å². The second-order valence-corrected chi connectivity index (χ2v) is 10.0. The lowest BCUT2D eigenvalue weighted by atomic mass is 9.64. The molecule has 0 N–H and O–H groups in total. The van der Waals surface area contributed by atoms with Gasteiger partial charge in [0.2, 0.25) is 5.95 Å². The first-order valence-corrected chi connectivity index (χ1v) is 12.7. The van der Waals surface area contributed by atoms with Crippen LogP contribution in [0, 0.1) is 5.92 Å². The molecule has 2 saturated carbocycles. The Morgan fingerprint density at radius 2 is 1.68 bits per heavy atom. The number of carbonyl (C=O) groups is 1.